The fraction of sp³-hybridized carbons (Fsp3) is 0. The van der Waals surface area contributed by atoms with Crippen LogP contribution in [-0.2, 0) is 0 Å². The first-order valence-corrected chi connectivity index (χ1v) is 13.0. The standard InChI is InChI=1S/C30H4BF17O2/c32-7-3-1-2-5-4-6-9(13(33)8(5)7)14(34)22(42)27(47)29(6)49-31(12-18(38)24(44)26(46)25(45)19(12)39)50-30-11-10(16(36)23(43)28(30)48)15(35)20(40)21(41)17(11)37/h1-4H. The highest BCUT2D eigenvalue weighted by molar-refractivity contribution is 6.63. The SMILES string of the molecule is Fc1c(F)c(F)c(B(Oc2c(F)c(F)c(F)c3c(F)c4c(F)cccc4cc23)Oc2c(F)c(F)c(F)c3c(F)c(F)c(F)c(F)c23)c(F)c1F. The van der Waals surface area contributed by atoms with Crippen molar-refractivity contribution in [2.75, 3.05) is 0 Å². The molecule has 0 aliphatic heterocycles. The van der Waals surface area contributed by atoms with Crippen molar-refractivity contribution in [1.82, 2.24) is 0 Å². The zero-order valence-electron chi connectivity index (χ0n) is 23.1. The molecule has 0 saturated carbocycles. The highest BCUT2D eigenvalue weighted by atomic mass is 19.2. The Hall–Kier alpha value is -5.43. The molecule has 50 heavy (non-hydrogen) atoms. The van der Waals surface area contributed by atoms with Gasteiger partial charge in [0.2, 0.25) is 11.6 Å². The molecule has 0 fully saturated rings. The largest absolute Gasteiger partial charge is 0.639 e. The van der Waals surface area contributed by atoms with E-state index in [1.165, 1.54) is 0 Å². The minimum Gasteiger partial charge on any atom is -0.519 e. The van der Waals surface area contributed by atoms with Crippen LogP contribution in [0.3, 0.4) is 0 Å². The summed E-state index contributed by atoms with van der Waals surface area (Å²) in [6.07, 6.45) is 0. The molecule has 0 aliphatic carbocycles. The van der Waals surface area contributed by atoms with Gasteiger partial charge in [-0.1, -0.05) is 12.1 Å². The van der Waals surface area contributed by atoms with Gasteiger partial charge in [-0.05, 0) is 17.5 Å². The number of halogens is 17. The molecule has 0 saturated heterocycles. The molecule has 0 aromatic heterocycles. The van der Waals surface area contributed by atoms with Gasteiger partial charge in [-0.3, -0.25) is 0 Å². The van der Waals surface area contributed by atoms with Crippen molar-refractivity contribution in [1.29, 1.82) is 0 Å². The van der Waals surface area contributed by atoms with E-state index in [1.54, 1.807) is 0 Å². The van der Waals surface area contributed by atoms with Gasteiger partial charge >= 0.3 is 7.12 Å². The van der Waals surface area contributed by atoms with E-state index in [4.69, 9.17) is 4.65 Å². The topological polar surface area (TPSA) is 18.5 Å². The Morgan fingerprint density at radius 2 is 0.780 bits per heavy atom. The van der Waals surface area contributed by atoms with Gasteiger partial charge in [-0.2, -0.15) is 8.78 Å². The predicted molar refractivity (Wildman–Crippen MR) is 138 cm³/mol. The average molecular weight is 730 g/mol. The van der Waals surface area contributed by atoms with Gasteiger partial charge < -0.3 is 9.31 Å². The molecule has 0 radical (unpaired) electrons. The van der Waals surface area contributed by atoms with Crippen LogP contribution in [0, 0.1) is 98.9 Å². The molecule has 6 aromatic rings. The zero-order valence-corrected chi connectivity index (χ0v) is 23.1. The van der Waals surface area contributed by atoms with E-state index in [9.17, 15) is 52.7 Å². The van der Waals surface area contributed by atoms with Crippen LogP contribution in [0.25, 0.3) is 32.3 Å². The van der Waals surface area contributed by atoms with Crippen LogP contribution in [0.4, 0.5) is 74.6 Å². The van der Waals surface area contributed by atoms with E-state index in [2.05, 4.69) is 4.65 Å². The Balaban J connectivity index is 1.73. The van der Waals surface area contributed by atoms with Crippen LogP contribution >= 0.6 is 0 Å². The van der Waals surface area contributed by atoms with Crippen molar-refractivity contribution in [3.63, 3.8) is 0 Å². The summed E-state index contributed by atoms with van der Waals surface area (Å²) in [6.45, 7) is 0. The lowest BCUT2D eigenvalue weighted by Gasteiger charge is -2.22. The van der Waals surface area contributed by atoms with Crippen molar-refractivity contribution < 1.29 is 83.9 Å². The summed E-state index contributed by atoms with van der Waals surface area (Å²) in [5.74, 6) is -50.2. The van der Waals surface area contributed by atoms with Crippen LogP contribution in [0.2, 0.25) is 0 Å². The molecule has 2 nitrogen and oxygen atoms in total. The molecular weight excluding hydrogens is 726 g/mol. The van der Waals surface area contributed by atoms with Gasteiger partial charge in [0.25, 0.3) is 0 Å². The smallest absolute Gasteiger partial charge is 0.519 e. The minimum atomic E-state index is -3.83. The lowest BCUT2D eigenvalue weighted by molar-refractivity contribution is 0.361. The van der Waals surface area contributed by atoms with Crippen molar-refractivity contribution in [2.24, 2.45) is 0 Å². The second kappa shape index (κ2) is 11.9. The highest BCUT2D eigenvalue weighted by Gasteiger charge is 2.43. The molecule has 6 rings (SSSR count). The summed E-state index contributed by atoms with van der Waals surface area (Å²) in [7, 11) is -3.83. The second-order valence-electron chi connectivity index (χ2n) is 10.1. The molecule has 0 aliphatic rings. The third kappa shape index (κ3) is 4.74. The van der Waals surface area contributed by atoms with E-state index in [1.807, 2.05) is 0 Å². The normalized spacial score (nSPS) is 11.7. The van der Waals surface area contributed by atoms with Gasteiger partial charge in [-0.25, -0.2) is 65.9 Å². The Morgan fingerprint density at radius 3 is 1.34 bits per heavy atom. The third-order valence-corrected chi connectivity index (χ3v) is 7.33. The molecule has 258 valence electrons. The van der Waals surface area contributed by atoms with E-state index >= 15 is 22.0 Å². The molecule has 0 bridgehead atoms. The molecule has 0 amide bonds. The maximum Gasteiger partial charge on any atom is 0.639 e. The number of hydrogen-bond acceptors (Lipinski definition) is 2. The number of fused-ring (bicyclic) bond motifs is 3. The summed E-state index contributed by atoms with van der Waals surface area (Å²) in [5.41, 5.74) is -2.51. The van der Waals surface area contributed by atoms with Crippen LogP contribution in [-0.4, -0.2) is 7.12 Å². The van der Waals surface area contributed by atoms with Crippen LogP contribution in [0.15, 0.2) is 24.3 Å². The van der Waals surface area contributed by atoms with Crippen LogP contribution in [0.1, 0.15) is 0 Å². The van der Waals surface area contributed by atoms with Crippen molar-refractivity contribution in [2.45, 2.75) is 0 Å². The van der Waals surface area contributed by atoms with Gasteiger partial charge in [0.15, 0.2) is 81.4 Å². The first-order valence-electron chi connectivity index (χ1n) is 13.0. The number of hydrogen-bond donors (Lipinski definition) is 0. The van der Waals surface area contributed by atoms with Crippen molar-refractivity contribution in [3.8, 4) is 11.5 Å². The summed E-state index contributed by atoms with van der Waals surface area (Å²) >= 11 is 0. The Morgan fingerprint density at radius 1 is 0.360 bits per heavy atom. The highest BCUT2D eigenvalue weighted by Crippen LogP contribution is 2.42. The first kappa shape index (κ1) is 34.4. The molecule has 0 N–H and O–H groups in total. The van der Waals surface area contributed by atoms with Crippen LogP contribution in [0.5, 0.6) is 11.5 Å². The Bertz CT molecular complexity index is 2450. The predicted octanol–water partition coefficient (Wildman–Crippen LogP) is 9.36. The zero-order chi connectivity index (χ0) is 36.8. The molecule has 0 atom stereocenters. The van der Waals surface area contributed by atoms with Gasteiger partial charge in [-0.15, -0.1) is 0 Å². The summed E-state index contributed by atoms with van der Waals surface area (Å²) in [5, 5.41) is -9.31. The molecule has 0 heterocycles. The van der Waals surface area contributed by atoms with E-state index in [0.717, 1.165) is 12.1 Å². The molecule has 0 spiro atoms. The van der Waals surface area contributed by atoms with E-state index in [0.29, 0.717) is 12.1 Å². The van der Waals surface area contributed by atoms with E-state index < -0.39 is 155 Å². The summed E-state index contributed by atoms with van der Waals surface area (Å²) < 4.78 is 259. The quantitative estimate of drug-likeness (QED) is 0.0579. The van der Waals surface area contributed by atoms with Crippen molar-refractivity contribution in [3.05, 3.63) is 123 Å². The van der Waals surface area contributed by atoms with Crippen LogP contribution < -0.4 is 14.8 Å². The third-order valence-electron chi connectivity index (χ3n) is 7.33. The Labute approximate surface area is 264 Å². The fourth-order valence-electron chi connectivity index (χ4n) is 5.06. The first-order chi connectivity index (χ1) is 23.4. The van der Waals surface area contributed by atoms with Gasteiger partial charge in [0, 0.05) is 5.39 Å². The second-order valence-corrected chi connectivity index (χ2v) is 10.1. The summed E-state index contributed by atoms with van der Waals surface area (Å²) in [4.78, 5) is 0. The molecule has 20 heteroatoms. The van der Waals surface area contributed by atoms with E-state index in [-0.39, 0.29) is 0 Å². The minimum absolute atomic E-state index is 0.439. The average Bonchev–Trinajstić information content (AvgIpc) is 3.08. The maximum absolute atomic E-state index is 15.4. The maximum atomic E-state index is 15.4. The molecular formula is C30H4BF17O2. The summed E-state index contributed by atoms with van der Waals surface area (Å²) in [6, 6.07) is 2.87. The lowest BCUT2D eigenvalue weighted by Crippen LogP contribution is -2.48. The number of rotatable bonds is 5. The Kier molecular flexibility index (Phi) is 8.18. The van der Waals surface area contributed by atoms with Gasteiger partial charge in [0.05, 0.1) is 27.0 Å². The lowest BCUT2D eigenvalue weighted by atomic mass is 9.76. The fourth-order valence-corrected chi connectivity index (χ4v) is 5.06. The molecule has 6 aromatic carbocycles. The van der Waals surface area contributed by atoms with Crippen molar-refractivity contribution >= 4 is 44.9 Å². The van der Waals surface area contributed by atoms with Gasteiger partial charge in [0.1, 0.15) is 17.4 Å². The monoisotopic (exact) mass is 730 g/mol. The molecule has 0 unspecified atom stereocenters. The number of benzene rings is 6.